The number of carbonyl (C=O) groups excluding carboxylic acids is 1. The quantitative estimate of drug-likeness (QED) is 0.755. The molecule has 2 amide bonds. The van der Waals surface area contributed by atoms with E-state index in [0.717, 1.165) is 5.56 Å². The molecule has 1 heterocycles. The number of nitrogens with one attached hydrogen (secondary N) is 2. The van der Waals surface area contributed by atoms with Gasteiger partial charge in [0.2, 0.25) is 0 Å². The molecule has 1 aliphatic rings. The Morgan fingerprint density at radius 2 is 2.05 bits per heavy atom. The van der Waals surface area contributed by atoms with Gasteiger partial charge < -0.3 is 15.2 Å². The maximum atomic E-state index is 11.9. The number of nitrogens with zero attached hydrogens (tertiary/aromatic N) is 1. The molecule has 0 saturated carbocycles. The molecule has 7 heteroatoms. The number of rotatable bonds is 5. The number of aliphatic carboxylic acids is 1. The van der Waals surface area contributed by atoms with E-state index in [9.17, 15) is 9.59 Å². The minimum Gasteiger partial charge on any atom is -0.481 e. The third-order valence-corrected chi connectivity index (χ3v) is 3.08. The lowest BCUT2D eigenvalue weighted by Gasteiger charge is -2.26. The Balaban J connectivity index is 1.85. The van der Waals surface area contributed by atoms with Crippen molar-refractivity contribution in [1.29, 1.82) is 0 Å². The number of aryl methyl sites for hydroxylation is 1. The molecule has 1 aliphatic heterocycles. The lowest BCUT2D eigenvalue weighted by atomic mass is 10.1. The number of hydrazine groups is 1. The second kappa shape index (κ2) is 7.61. The van der Waals surface area contributed by atoms with Crippen molar-refractivity contribution in [1.82, 2.24) is 10.4 Å². The lowest BCUT2D eigenvalue weighted by molar-refractivity contribution is -0.136. The summed E-state index contributed by atoms with van der Waals surface area (Å²) in [5, 5.41) is 13.2. The van der Waals surface area contributed by atoms with Crippen LogP contribution in [0.3, 0.4) is 0 Å². The number of morpholine rings is 1. The molecule has 0 spiro atoms. The monoisotopic (exact) mass is 293 g/mol. The molecule has 2 rings (SSSR count). The van der Waals surface area contributed by atoms with Crippen molar-refractivity contribution in [3.63, 3.8) is 0 Å². The first-order valence-corrected chi connectivity index (χ1v) is 6.84. The number of urea groups is 1. The molecule has 1 aromatic carbocycles. The van der Waals surface area contributed by atoms with Crippen LogP contribution < -0.4 is 10.7 Å². The van der Waals surface area contributed by atoms with Crippen molar-refractivity contribution in [3.8, 4) is 0 Å². The van der Waals surface area contributed by atoms with E-state index in [4.69, 9.17) is 9.84 Å². The van der Waals surface area contributed by atoms with Gasteiger partial charge in [0.15, 0.2) is 0 Å². The van der Waals surface area contributed by atoms with Gasteiger partial charge >= 0.3 is 12.0 Å². The summed E-state index contributed by atoms with van der Waals surface area (Å²) in [5.41, 5.74) is 4.26. The number of amides is 2. The first-order valence-electron chi connectivity index (χ1n) is 6.84. The van der Waals surface area contributed by atoms with Gasteiger partial charge in [-0.2, -0.15) is 0 Å². The van der Waals surface area contributed by atoms with Gasteiger partial charge in [-0.15, -0.1) is 0 Å². The van der Waals surface area contributed by atoms with E-state index >= 15 is 0 Å². The molecule has 1 saturated heterocycles. The largest absolute Gasteiger partial charge is 0.481 e. The second-order valence-corrected chi connectivity index (χ2v) is 4.76. The van der Waals surface area contributed by atoms with Gasteiger partial charge in [-0.3, -0.25) is 10.2 Å². The van der Waals surface area contributed by atoms with Crippen molar-refractivity contribution >= 4 is 17.7 Å². The highest BCUT2D eigenvalue weighted by molar-refractivity contribution is 5.88. The molecule has 0 bridgehead atoms. The van der Waals surface area contributed by atoms with Crippen LogP contribution in [0.15, 0.2) is 24.3 Å². The van der Waals surface area contributed by atoms with E-state index in [-0.39, 0.29) is 12.5 Å². The predicted molar refractivity (Wildman–Crippen MR) is 76.9 cm³/mol. The molecule has 0 atom stereocenters. The van der Waals surface area contributed by atoms with Crippen LogP contribution in [0.25, 0.3) is 0 Å². The number of anilines is 1. The number of hydrogen-bond acceptors (Lipinski definition) is 4. The van der Waals surface area contributed by atoms with Crippen LogP contribution in [0, 0.1) is 0 Å². The van der Waals surface area contributed by atoms with Crippen LogP contribution in [0.5, 0.6) is 0 Å². The standard InChI is InChI=1S/C14H19N3O4/c18-13(19)5-4-11-2-1-3-12(10-11)15-14(20)16-17-6-8-21-9-7-17/h1-3,10H,4-9H2,(H,18,19)(H2,15,16,20). The number of carboxylic acid groups (broad SMARTS) is 1. The average molecular weight is 293 g/mol. The molecule has 1 aromatic rings. The van der Waals surface area contributed by atoms with E-state index in [1.807, 2.05) is 6.07 Å². The normalized spacial score (nSPS) is 15.4. The molecule has 0 radical (unpaired) electrons. The van der Waals surface area contributed by atoms with Gasteiger partial charge in [-0.05, 0) is 24.1 Å². The Kier molecular flexibility index (Phi) is 5.53. The summed E-state index contributed by atoms with van der Waals surface area (Å²) in [6.45, 7) is 2.52. The molecule has 21 heavy (non-hydrogen) atoms. The summed E-state index contributed by atoms with van der Waals surface area (Å²) < 4.78 is 5.20. The van der Waals surface area contributed by atoms with E-state index < -0.39 is 5.97 Å². The molecule has 114 valence electrons. The summed E-state index contributed by atoms with van der Waals surface area (Å²) in [6.07, 6.45) is 0.513. The second-order valence-electron chi connectivity index (χ2n) is 4.76. The topological polar surface area (TPSA) is 90.9 Å². The molecule has 0 aromatic heterocycles. The molecule has 1 fully saturated rings. The van der Waals surface area contributed by atoms with Crippen molar-refractivity contribution in [2.45, 2.75) is 12.8 Å². The number of carbonyl (C=O) groups is 2. The van der Waals surface area contributed by atoms with Gasteiger partial charge in [-0.25, -0.2) is 9.80 Å². The molecular formula is C14H19N3O4. The summed E-state index contributed by atoms with van der Waals surface area (Å²) in [5.74, 6) is -0.835. The summed E-state index contributed by atoms with van der Waals surface area (Å²) in [6, 6.07) is 6.87. The summed E-state index contributed by atoms with van der Waals surface area (Å²) in [7, 11) is 0. The summed E-state index contributed by atoms with van der Waals surface area (Å²) >= 11 is 0. The zero-order chi connectivity index (χ0) is 15.1. The Labute approximate surface area is 122 Å². The van der Waals surface area contributed by atoms with Crippen LogP contribution in [0.2, 0.25) is 0 Å². The van der Waals surface area contributed by atoms with Gasteiger partial charge in [0.25, 0.3) is 0 Å². The minimum absolute atomic E-state index is 0.0728. The molecule has 7 nitrogen and oxygen atoms in total. The van der Waals surface area contributed by atoms with E-state index in [0.29, 0.717) is 38.4 Å². The third kappa shape index (κ3) is 5.41. The van der Waals surface area contributed by atoms with E-state index in [1.54, 1.807) is 23.2 Å². The Hall–Kier alpha value is -2.12. The van der Waals surface area contributed by atoms with Crippen molar-refractivity contribution in [2.24, 2.45) is 0 Å². The van der Waals surface area contributed by atoms with Crippen molar-refractivity contribution in [2.75, 3.05) is 31.6 Å². The highest BCUT2D eigenvalue weighted by atomic mass is 16.5. The zero-order valence-corrected chi connectivity index (χ0v) is 11.7. The molecule has 3 N–H and O–H groups in total. The Morgan fingerprint density at radius 1 is 1.29 bits per heavy atom. The summed E-state index contributed by atoms with van der Waals surface area (Å²) in [4.78, 5) is 22.4. The number of benzene rings is 1. The van der Waals surface area contributed by atoms with Crippen LogP contribution >= 0.6 is 0 Å². The fourth-order valence-electron chi connectivity index (χ4n) is 2.03. The predicted octanol–water partition coefficient (Wildman–Crippen LogP) is 1.07. The number of hydrogen-bond donors (Lipinski definition) is 3. The third-order valence-electron chi connectivity index (χ3n) is 3.08. The van der Waals surface area contributed by atoms with Gasteiger partial charge in [0.1, 0.15) is 0 Å². The highest BCUT2D eigenvalue weighted by Crippen LogP contribution is 2.12. The molecule has 0 aliphatic carbocycles. The van der Waals surface area contributed by atoms with Crippen molar-refractivity contribution in [3.05, 3.63) is 29.8 Å². The van der Waals surface area contributed by atoms with Gasteiger partial charge in [-0.1, -0.05) is 12.1 Å². The van der Waals surface area contributed by atoms with E-state index in [2.05, 4.69) is 10.7 Å². The molecule has 0 unspecified atom stereocenters. The first-order chi connectivity index (χ1) is 10.1. The highest BCUT2D eigenvalue weighted by Gasteiger charge is 2.13. The molecular weight excluding hydrogens is 274 g/mol. The maximum Gasteiger partial charge on any atom is 0.333 e. The van der Waals surface area contributed by atoms with Gasteiger partial charge in [0, 0.05) is 25.2 Å². The van der Waals surface area contributed by atoms with Crippen molar-refractivity contribution < 1.29 is 19.4 Å². The lowest BCUT2D eigenvalue weighted by Crippen LogP contribution is -2.49. The van der Waals surface area contributed by atoms with E-state index in [1.165, 1.54) is 0 Å². The SMILES string of the molecule is O=C(O)CCc1cccc(NC(=O)NN2CCOCC2)c1. The maximum absolute atomic E-state index is 11.9. The van der Waals surface area contributed by atoms with Crippen LogP contribution in [-0.2, 0) is 16.0 Å². The Bertz CT molecular complexity index is 501. The van der Waals surface area contributed by atoms with Gasteiger partial charge in [0.05, 0.1) is 13.2 Å². The number of ether oxygens (including phenoxy) is 1. The number of carboxylic acids is 1. The Morgan fingerprint density at radius 3 is 2.76 bits per heavy atom. The zero-order valence-electron chi connectivity index (χ0n) is 11.7. The first kappa shape index (κ1) is 15.3. The smallest absolute Gasteiger partial charge is 0.333 e. The van der Waals surface area contributed by atoms with Crippen LogP contribution in [0.4, 0.5) is 10.5 Å². The fourth-order valence-corrected chi connectivity index (χ4v) is 2.03. The van der Waals surface area contributed by atoms with Crippen LogP contribution in [-0.4, -0.2) is 48.4 Å². The minimum atomic E-state index is -0.835. The average Bonchev–Trinajstić information content (AvgIpc) is 2.46. The fraction of sp³-hybridized carbons (Fsp3) is 0.429. The van der Waals surface area contributed by atoms with Crippen LogP contribution in [0.1, 0.15) is 12.0 Å².